The summed E-state index contributed by atoms with van der Waals surface area (Å²) in [4.78, 5) is 39.6. The fraction of sp³-hybridized carbons (Fsp3) is 0.333. The van der Waals surface area contributed by atoms with Crippen LogP contribution in [0.2, 0.25) is 0 Å². The van der Waals surface area contributed by atoms with Crippen LogP contribution in [0.4, 0.5) is 9.52 Å². The number of amides is 3. The van der Waals surface area contributed by atoms with Gasteiger partial charge in [-0.2, -0.15) is 0 Å². The fourth-order valence-corrected chi connectivity index (χ4v) is 3.35. The van der Waals surface area contributed by atoms with Crippen LogP contribution in [0.15, 0.2) is 29.6 Å². The van der Waals surface area contributed by atoms with Crippen molar-refractivity contribution in [2.75, 3.05) is 11.9 Å². The van der Waals surface area contributed by atoms with E-state index < -0.39 is 0 Å². The van der Waals surface area contributed by atoms with Gasteiger partial charge < -0.3 is 16.0 Å². The number of benzene rings is 1. The molecule has 142 valence electrons. The molecule has 2 aromatic rings. The molecule has 7 nitrogen and oxygen atoms in total. The summed E-state index contributed by atoms with van der Waals surface area (Å²) in [6, 6.07) is 5.91. The molecule has 2 heterocycles. The highest BCUT2D eigenvalue weighted by atomic mass is 32.1. The van der Waals surface area contributed by atoms with Crippen LogP contribution in [0, 0.1) is 11.7 Å². The Kier molecular flexibility index (Phi) is 6.12. The molecule has 0 aliphatic carbocycles. The minimum Gasteiger partial charge on any atom is -0.355 e. The topological polar surface area (TPSA) is 100 Å². The maximum absolute atomic E-state index is 12.9. The summed E-state index contributed by atoms with van der Waals surface area (Å²) in [5, 5.41) is 10.3. The van der Waals surface area contributed by atoms with E-state index in [0.717, 1.165) is 5.56 Å². The van der Waals surface area contributed by atoms with Crippen molar-refractivity contribution in [1.82, 2.24) is 15.6 Å². The molecule has 0 radical (unpaired) electrons. The molecule has 1 aromatic carbocycles. The number of halogens is 1. The number of hydrogen-bond donors (Lipinski definition) is 3. The first-order valence-corrected chi connectivity index (χ1v) is 9.40. The van der Waals surface area contributed by atoms with Crippen molar-refractivity contribution in [3.63, 3.8) is 0 Å². The number of piperidine rings is 1. The minimum atomic E-state index is -0.322. The SMILES string of the molecule is O=C1CCC(C(=O)Nc2nc(CC(=O)NCc3ccc(F)cc3)cs2)CN1. The number of aromatic nitrogens is 1. The Hall–Kier alpha value is -2.81. The van der Waals surface area contributed by atoms with Gasteiger partial charge in [-0.15, -0.1) is 11.3 Å². The summed E-state index contributed by atoms with van der Waals surface area (Å²) < 4.78 is 12.9. The number of hydrogen-bond acceptors (Lipinski definition) is 5. The van der Waals surface area contributed by atoms with E-state index in [1.807, 2.05) is 0 Å². The van der Waals surface area contributed by atoms with Gasteiger partial charge in [0.2, 0.25) is 17.7 Å². The predicted octanol–water partition coefficient (Wildman–Crippen LogP) is 1.61. The summed E-state index contributed by atoms with van der Waals surface area (Å²) in [7, 11) is 0. The Labute approximate surface area is 159 Å². The van der Waals surface area contributed by atoms with Gasteiger partial charge in [0.15, 0.2) is 5.13 Å². The van der Waals surface area contributed by atoms with Crippen molar-refractivity contribution in [3.05, 3.63) is 46.7 Å². The van der Waals surface area contributed by atoms with E-state index in [1.165, 1.54) is 23.5 Å². The number of nitrogens with zero attached hydrogens (tertiary/aromatic N) is 1. The lowest BCUT2D eigenvalue weighted by atomic mass is 9.98. The average molecular weight is 390 g/mol. The smallest absolute Gasteiger partial charge is 0.231 e. The highest BCUT2D eigenvalue weighted by Gasteiger charge is 2.25. The zero-order valence-electron chi connectivity index (χ0n) is 14.5. The van der Waals surface area contributed by atoms with E-state index in [9.17, 15) is 18.8 Å². The second-order valence-corrected chi connectivity index (χ2v) is 7.11. The molecule has 3 amide bonds. The van der Waals surface area contributed by atoms with E-state index in [1.54, 1.807) is 17.5 Å². The Bertz CT molecular complexity index is 827. The van der Waals surface area contributed by atoms with E-state index >= 15 is 0 Å². The first-order chi connectivity index (χ1) is 13.0. The summed E-state index contributed by atoms with van der Waals surface area (Å²) in [5.74, 6) is -1.02. The van der Waals surface area contributed by atoms with Crippen molar-refractivity contribution in [2.45, 2.75) is 25.8 Å². The van der Waals surface area contributed by atoms with Crippen LogP contribution >= 0.6 is 11.3 Å². The lowest BCUT2D eigenvalue weighted by Crippen LogP contribution is -2.40. The second kappa shape index (κ2) is 8.72. The van der Waals surface area contributed by atoms with Crippen molar-refractivity contribution in [3.8, 4) is 0 Å². The van der Waals surface area contributed by atoms with Crippen molar-refractivity contribution < 1.29 is 18.8 Å². The van der Waals surface area contributed by atoms with Gasteiger partial charge in [-0.05, 0) is 24.1 Å². The highest BCUT2D eigenvalue weighted by Crippen LogP contribution is 2.19. The van der Waals surface area contributed by atoms with Gasteiger partial charge in [-0.1, -0.05) is 12.1 Å². The largest absolute Gasteiger partial charge is 0.355 e. The van der Waals surface area contributed by atoms with Crippen molar-refractivity contribution in [1.29, 1.82) is 0 Å². The van der Waals surface area contributed by atoms with Crippen LogP contribution in [0.5, 0.6) is 0 Å². The summed E-state index contributed by atoms with van der Waals surface area (Å²) in [5.41, 5.74) is 1.36. The van der Waals surface area contributed by atoms with Crippen LogP contribution in [-0.4, -0.2) is 29.3 Å². The van der Waals surface area contributed by atoms with Gasteiger partial charge in [0.25, 0.3) is 0 Å². The molecule has 9 heteroatoms. The first kappa shape index (κ1) is 19.0. The fourth-order valence-electron chi connectivity index (χ4n) is 2.64. The standard InChI is InChI=1S/C18H19FN4O3S/c19-13-4-1-11(2-5-13)8-20-16(25)7-14-10-27-18(22-14)23-17(26)12-3-6-15(24)21-9-12/h1-2,4-5,10,12H,3,6-9H2,(H,20,25)(H,21,24)(H,22,23,26). The van der Waals surface area contributed by atoms with Crippen molar-refractivity contribution >= 4 is 34.2 Å². The number of nitrogens with one attached hydrogen (secondary N) is 3. The third-order valence-electron chi connectivity index (χ3n) is 4.16. The third kappa shape index (κ3) is 5.58. The number of thiazole rings is 1. The summed E-state index contributed by atoms with van der Waals surface area (Å²) in [6.07, 6.45) is 0.949. The van der Waals surface area contributed by atoms with Gasteiger partial charge in [-0.3, -0.25) is 14.4 Å². The quantitative estimate of drug-likeness (QED) is 0.698. The molecule has 1 saturated heterocycles. The number of carbonyl (C=O) groups excluding carboxylic acids is 3. The van der Waals surface area contributed by atoms with Crippen LogP contribution in [0.25, 0.3) is 0 Å². The molecule has 3 rings (SSSR count). The molecule has 0 bridgehead atoms. The Morgan fingerprint density at radius 2 is 2.07 bits per heavy atom. The predicted molar refractivity (Wildman–Crippen MR) is 98.4 cm³/mol. The highest BCUT2D eigenvalue weighted by molar-refractivity contribution is 7.13. The first-order valence-electron chi connectivity index (χ1n) is 8.52. The third-order valence-corrected chi connectivity index (χ3v) is 4.97. The lowest BCUT2D eigenvalue weighted by Gasteiger charge is -2.20. The maximum atomic E-state index is 12.9. The van der Waals surface area contributed by atoms with E-state index in [4.69, 9.17) is 0 Å². The molecular weight excluding hydrogens is 371 g/mol. The number of anilines is 1. The summed E-state index contributed by atoms with van der Waals surface area (Å²) in [6.45, 7) is 0.634. The van der Waals surface area contributed by atoms with Gasteiger partial charge >= 0.3 is 0 Å². The maximum Gasteiger partial charge on any atom is 0.231 e. The van der Waals surface area contributed by atoms with Crippen LogP contribution in [0.1, 0.15) is 24.1 Å². The normalized spacial score (nSPS) is 16.5. The van der Waals surface area contributed by atoms with E-state index in [2.05, 4.69) is 20.9 Å². The summed E-state index contributed by atoms with van der Waals surface area (Å²) >= 11 is 1.25. The van der Waals surface area contributed by atoms with Gasteiger partial charge in [0.1, 0.15) is 5.82 Å². The van der Waals surface area contributed by atoms with E-state index in [-0.39, 0.29) is 35.9 Å². The molecule has 1 atom stereocenters. The lowest BCUT2D eigenvalue weighted by molar-refractivity contribution is -0.126. The second-order valence-electron chi connectivity index (χ2n) is 6.25. The zero-order chi connectivity index (χ0) is 19.2. The van der Waals surface area contributed by atoms with Crippen LogP contribution in [0.3, 0.4) is 0 Å². The van der Waals surface area contributed by atoms with Gasteiger partial charge in [-0.25, -0.2) is 9.37 Å². The molecule has 1 unspecified atom stereocenters. The molecule has 1 aromatic heterocycles. The monoisotopic (exact) mass is 390 g/mol. The molecule has 1 aliphatic rings. The molecule has 3 N–H and O–H groups in total. The Balaban J connectivity index is 1.45. The van der Waals surface area contributed by atoms with Gasteiger partial charge in [0, 0.05) is 24.9 Å². The molecule has 1 fully saturated rings. The van der Waals surface area contributed by atoms with E-state index in [0.29, 0.717) is 36.8 Å². The molecular formula is C18H19FN4O3S. The van der Waals surface area contributed by atoms with Gasteiger partial charge in [0.05, 0.1) is 18.0 Å². The van der Waals surface area contributed by atoms with Crippen molar-refractivity contribution in [2.24, 2.45) is 5.92 Å². The zero-order valence-corrected chi connectivity index (χ0v) is 15.3. The molecule has 0 saturated carbocycles. The average Bonchev–Trinajstić information content (AvgIpc) is 3.08. The van der Waals surface area contributed by atoms with Crippen LogP contribution < -0.4 is 16.0 Å². The molecule has 0 spiro atoms. The minimum absolute atomic E-state index is 0.0396. The number of carbonyl (C=O) groups is 3. The molecule has 27 heavy (non-hydrogen) atoms. The molecule has 1 aliphatic heterocycles. The van der Waals surface area contributed by atoms with Crippen LogP contribution in [-0.2, 0) is 27.3 Å². The Morgan fingerprint density at radius 1 is 1.30 bits per heavy atom. The Morgan fingerprint density at radius 3 is 2.78 bits per heavy atom. The number of rotatable bonds is 6.